The molecule has 1 unspecified atom stereocenters. The van der Waals surface area contributed by atoms with Crippen molar-refractivity contribution in [1.82, 2.24) is 5.32 Å². The number of morpholine rings is 1. The van der Waals surface area contributed by atoms with E-state index in [1.807, 2.05) is 6.07 Å². The maximum absolute atomic E-state index is 5.81. The molecular weight excluding hydrogens is 162 g/mol. The number of rotatable bonds is 1. The van der Waals surface area contributed by atoms with E-state index in [0.717, 1.165) is 13.1 Å². The molecule has 0 saturated carbocycles. The van der Waals surface area contributed by atoms with Gasteiger partial charge in [0.2, 0.25) is 0 Å². The van der Waals surface area contributed by atoms with Gasteiger partial charge in [0.1, 0.15) is 0 Å². The maximum atomic E-state index is 5.81. The molecule has 0 bridgehead atoms. The fourth-order valence-corrected chi connectivity index (χ4v) is 1.66. The predicted octanol–water partition coefficient (Wildman–Crippen LogP) is 1.74. The van der Waals surface area contributed by atoms with Crippen LogP contribution in [0.5, 0.6) is 0 Å². The number of benzene rings is 1. The molecule has 1 aliphatic rings. The van der Waals surface area contributed by atoms with Crippen LogP contribution >= 0.6 is 0 Å². The van der Waals surface area contributed by atoms with Crippen molar-refractivity contribution in [3.05, 3.63) is 35.9 Å². The lowest BCUT2D eigenvalue weighted by molar-refractivity contribution is -0.0287. The molecule has 0 aliphatic carbocycles. The van der Waals surface area contributed by atoms with E-state index in [0.29, 0.717) is 6.10 Å². The summed E-state index contributed by atoms with van der Waals surface area (Å²) in [6, 6.07) is 10.4. The molecule has 13 heavy (non-hydrogen) atoms. The van der Waals surface area contributed by atoms with E-state index >= 15 is 0 Å². The first-order valence-corrected chi connectivity index (χ1v) is 4.77. The van der Waals surface area contributed by atoms with E-state index in [1.165, 1.54) is 5.56 Å². The van der Waals surface area contributed by atoms with E-state index in [1.54, 1.807) is 0 Å². The summed E-state index contributed by atoms with van der Waals surface area (Å²) < 4.78 is 5.81. The van der Waals surface area contributed by atoms with E-state index < -0.39 is 0 Å². The van der Waals surface area contributed by atoms with Gasteiger partial charge >= 0.3 is 0 Å². The van der Waals surface area contributed by atoms with Crippen molar-refractivity contribution in [1.29, 1.82) is 0 Å². The van der Waals surface area contributed by atoms with Crippen molar-refractivity contribution in [3.8, 4) is 0 Å². The second-order valence-corrected chi connectivity index (χ2v) is 3.50. The van der Waals surface area contributed by atoms with E-state index in [2.05, 4.69) is 36.5 Å². The third-order valence-electron chi connectivity index (χ3n) is 2.33. The molecule has 1 fully saturated rings. The summed E-state index contributed by atoms with van der Waals surface area (Å²) in [6.45, 7) is 3.99. The van der Waals surface area contributed by atoms with Crippen LogP contribution in [0.2, 0.25) is 0 Å². The predicted molar refractivity (Wildman–Crippen MR) is 52.6 cm³/mol. The zero-order valence-corrected chi connectivity index (χ0v) is 7.86. The summed E-state index contributed by atoms with van der Waals surface area (Å²) in [5.74, 6) is 0. The van der Waals surface area contributed by atoms with Crippen LogP contribution in [0, 0.1) is 0 Å². The average molecular weight is 177 g/mol. The third-order valence-corrected chi connectivity index (χ3v) is 2.33. The summed E-state index contributed by atoms with van der Waals surface area (Å²) in [5, 5.41) is 3.36. The number of hydrogen-bond donors (Lipinski definition) is 1. The largest absolute Gasteiger partial charge is 0.368 e. The van der Waals surface area contributed by atoms with Gasteiger partial charge in [-0.15, -0.1) is 0 Å². The SMILES string of the molecule is C[C@@H]1CNCC(c2ccccc2)O1. The zero-order valence-electron chi connectivity index (χ0n) is 7.86. The first-order valence-electron chi connectivity index (χ1n) is 4.77. The van der Waals surface area contributed by atoms with E-state index in [-0.39, 0.29) is 6.10 Å². The number of hydrogen-bond acceptors (Lipinski definition) is 2. The average Bonchev–Trinajstić information content (AvgIpc) is 2.19. The van der Waals surface area contributed by atoms with Gasteiger partial charge in [-0.3, -0.25) is 0 Å². The van der Waals surface area contributed by atoms with Crippen LogP contribution in [-0.2, 0) is 4.74 Å². The zero-order chi connectivity index (χ0) is 9.10. The molecule has 1 N–H and O–H groups in total. The molecular formula is C11H15NO. The number of nitrogens with one attached hydrogen (secondary N) is 1. The smallest absolute Gasteiger partial charge is 0.0953 e. The Kier molecular flexibility index (Phi) is 2.62. The standard InChI is InChI=1S/C11H15NO/c1-9-7-12-8-11(13-9)10-5-3-2-4-6-10/h2-6,9,11-12H,7-8H2,1H3/t9-,11?/m1/s1. The molecule has 0 amide bonds. The highest BCUT2D eigenvalue weighted by molar-refractivity contribution is 5.18. The van der Waals surface area contributed by atoms with Gasteiger partial charge in [0, 0.05) is 13.1 Å². The molecule has 2 rings (SSSR count). The van der Waals surface area contributed by atoms with Crippen LogP contribution in [0.15, 0.2) is 30.3 Å². The molecule has 1 saturated heterocycles. The molecule has 2 heteroatoms. The highest BCUT2D eigenvalue weighted by Crippen LogP contribution is 2.20. The Morgan fingerprint density at radius 1 is 1.23 bits per heavy atom. The fraction of sp³-hybridized carbons (Fsp3) is 0.455. The molecule has 0 aromatic heterocycles. The van der Waals surface area contributed by atoms with Crippen LogP contribution < -0.4 is 5.32 Å². The highest BCUT2D eigenvalue weighted by atomic mass is 16.5. The lowest BCUT2D eigenvalue weighted by Crippen LogP contribution is -2.38. The molecule has 0 spiro atoms. The maximum Gasteiger partial charge on any atom is 0.0953 e. The summed E-state index contributed by atoms with van der Waals surface area (Å²) in [7, 11) is 0. The Labute approximate surface area is 78.9 Å². The second-order valence-electron chi connectivity index (χ2n) is 3.50. The summed E-state index contributed by atoms with van der Waals surface area (Å²) in [4.78, 5) is 0. The van der Waals surface area contributed by atoms with Crippen LogP contribution in [0.3, 0.4) is 0 Å². The van der Waals surface area contributed by atoms with Crippen molar-refractivity contribution in [2.45, 2.75) is 19.1 Å². The highest BCUT2D eigenvalue weighted by Gasteiger charge is 2.19. The summed E-state index contributed by atoms with van der Waals surface area (Å²) in [6.07, 6.45) is 0.545. The molecule has 2 nitrogen and oxygen atoms in total. The van der Waals surface area contributed by atoms with E-state index in [9.17, 15) is 0 Å². The summed E-state index contributed by atoms with van der Waals surface area (Å²) >= 11 is 0. The Hall–Kier alpha value is -0.860. The molecule has 0 radical (unpaired) electrons. The lowest BCUT2D eigenvalue weighted by atomic mass is 10.1. The first-order chi connectivity index (χ1) is 6.36. The van der Waals surface area contributed by atoms with Crippen molar-refractivity contribution in [3.63, 3.8) is 0 Å². The first kappa shape index (κ1) is 8.73. The molecule has 1 aromatic carbocycles. The van der Waals surface area contributed by atoms with E-state index in [4.69, 9.17) is 4.74 Å². The molecule has 2 atom stereocenters. The monoisotopic (exact) mass is 177 g/mol. The Balaban J connectivity index is 2.08. The lowest BCUT2D eigenvalue weighted by Gasteiger charge is -2.28. The molecule has 70 valence electrons. The van der Waals surface area contributed by atoms with Gasteiger partial charge in [0.15, 0.2) is 0 Å². The third kappa shape index (κ3) is 2.08. The second kappa shape index (κ2) is 3.90. The topological polar surface area (TPSA) is 21.3 Å². The fourth-order valence-electron chi connectivity index (χ4n) is 1.66. The van der Waals surface area contributed by atoms with Gasteiger partial charge in [-0.1, -0.05) is 30.3 Å². The number of ether oxygens (including phenoxy) is 1. The van der Waals surface area contributed by atoms with Gasteiger partial charge in [-0.05, 0) is 12.5 Å². The van der Waals surface area contributed by atoms with Gasteiger partial charge in [0.25, 0.3) is 0 Å². The van der Waals surface area contributed by atoms with Gasteiger partial charge in [-0.2, -0.15) is 0 Å². The van der Waals surface area contributed by atoms with Gasteiger partial charge in [-0.25, -0.2) is 0 Å². The molecule has 1 heterocycles. The van der Waals surface area contributed by atoms with Crippen LogP contribution in [0.1, 0.15) is 18.6 Å². The van der Waals surface area contributed by atoms with Crippen molar-refractivity contribution >= 4 is 0 Å². The molecule has 1 aliphatic heterocycles. The Bertz CT molecular complexity index is 260. The van der Waals surface area contributed by atoms with Gasteiger partial charge in [0.05, 0.1) is 12.2 Å². The Morgan fingerprint density at radius 3 is 2.69 bits per heavy atom. The Morgan fingerprint density at radius 2 is 2.00 bits per heavy atom. The minimum atomic E-state index is 0.227. The normalized spacial score (nSPS) is 28.7. The van der Waals surface area contributed by atoms with Crippen LogP contribution in [0.25, 0.3) is 0 Å². The van der Waals surface area contributed by atoms with Crippen molar-refractivity contribution in [2.75, 3.05) is 13.1 Å². The minimum absolute atomic E-state index is 0.227. The quantitative estimate of drug-likeness (QED) is 0.705. The summed E-state index contributed by atoms with van der Waals surface area (Å²) in [5.41, 5.74) is 1.27. The van der Waals surface area contributed by atoms with Crippen LogP contribution in [-0.4, -0.2) is 19.2 Å². The molecule has 1 aromatic rings. The van der Waals surface area contributed by atoms with Gasteiger partial charge < -0.3 is 10.1 Å². The van der Waals surface area contributed by atoms with Crippen LogP contribution in [0.4, 0.5) is 0 Å². The van der Waals surface area contributed by atoms with Crippen molar-refractivity contribution in [2.24, 2.45) is 0 Å². The minimum Gasteiger partial charge on any atom is -0.368 e. The van der Waals surface area contributed by atoms with Crippen molar-refractivity contribution < 1.29 is 4.74 Å².